The summed E-state index contributed by atoms with van der Waals surface area (Å²) in [6.45, 7) is 11.2. The van der Waals surface area contributed by atoms with Crippen LogP contribution in [0.4, 0.5) is 0 Å². The third-order valence-corrected chi connectivity index (χ3v) is 3.58. The highest BCUT2D eigenvalue weighted by atomic mass is 16.5. The molecule has 1 aliphatic rings. The van der Waals surface area contributed by atoms with Crippen LogP contribution < -0.4 is 5.32 Å². The SMILES string of the molecule is C=C/C(=C\C=C(/C)OC1CCCC1)NC(=O)/C(C=C)=C/C=C\C. The molecule has 0 bridgehead atoms. The minimum absolute atomic E-state index is 0.216. The Bertz CT molecular complexity index is 544. The first kappa shape index (κ1) is 18.8. The van der Waals surface area contributed by atoms with Crippen LogP contribution in [-0.4, -0.2) is 12.0 Å². The van der Waals surface area contributed by atoms with Crippen molar-refractivity contribution in [3.05, 3.63) is 72.7 Å². The van der Waals surface area contributed by atoms with Crippen molar-refractivity contribution in [3.63, 3.8) is 0 Å². The topological polar surface area (TPSA) is 38.3 Å². The lowest BCUT2D eigenvalue weighted by atomic mass is 10.2. The third-order valence-electron chi connectivity index (χ3n) is 3.58. The fraction of sp³-hybridized carbons (Fsp3) is 0.350. The van der Waals surface area contributed by atoms with Crippen LogP contribution in [0.5, 0.6) is 0 Å². The zero-order valence-corrected chi connectivity index (χ0v) is 14.2. The average Bonchev–Trinajstić information content (AvgIpc) is 3.04. The van der Waals surface area contributed by atoms with Crippen molar-refractivity contribution in [1.29, 1.82) is 0 Å². The van der Waals surface area contributed by atoms with Gasteiger partial charge in [-0.2, -0.15) is 0 Å². The normalized spacial score (nSPS) is 17.4. The van der Waals surface area contributed by atoms with Gasteiger partial charge < -0.3 is 10.1 Å². The molecule has 124 valence electrons. The summed E-state index contributed by atoms with van der Waals surface area (Å²) in [5.74, 6) is 0.630. The highest BCUT2D eigenvalue weighted by Crippen LogP contribution is 2.23. The van der Waals surface area contributed by atoms with Crippen LogP contribution in [0.15, 0.2) is 72.7 Å². The van der Waals surface area contributed by atoms with E-state index in [4.69, 9.17) is 4.74 Å². The van der Waals surface area contributed by atoms with Crippen LogP contribution in [0.25, 0.3) is 0 Å². The standard InChI is InChI=1S/C20H27NO2/c1-5-8-11-17(6-2)20(22)21-18(7-3)15-14-16(4)23-19-12-9-10-13-19/h5-8,11,14-15,19H,2-3,9-10,12-13H2,1,4H3,(H,21,22)/b8-5-,16-14+,17-11+,18-15+. The van der Waals surface area contributed by atoms with E-state index in [1.165, 1.54) is 18.9 Å². The van der Waals surface area contributed by atoms with Gasteiger partial charge in [-0.3, -0.25) is 4.79 Å². The fourth-order valence-electron chi connectivity index (χ4n) is 2.32. The first-order chi connectivity index (χ1) is 11.1. The van der Waals surface area contributed by atoms with Crippen LogP contribution in [0.1, 0.15) is 39.5 Å². The number of hydrogen-bond donors (Lipinski definition) is 1. The lowest BCUT2D eigenvalue weighted by Crippen LogP contribution is -2.22. The molecule has 1 N–H and O–H groups in total. The summed E-state index contributed by atoms with van der Waals surface area (Å²) in [4.78, 5) is 12.1. The Hall–Kier alpha value is -2.29. The van der Waals surface area contributed by atoms with Gasteiger partial charge in [0.2, 0.25) is 0 Å². The van der Waals surface area contributed by atoms with Crippen LogP contribution in [0.3, 0.4) is 0 Å². The molecule has 23 heavy (non-hydrogen) atoms. The quantitative estimate of drug-likeness (QED) is 0.400. The van der Waals surface area contributed by atoms with E-state index in [0.717, 1.165) is 18.6 Å². The highest BCUT2D eigenvalue weighted by Gasteiger charge is 2.15. The number of allylic oxidation sites excluding steroid dienone is 7. The van der Waals surface area contributed by atoms with Crippen molar-refractivity contribution in [2.24, 2.45) is 0 Å². The van der Waals surface area contributed by atoms with Crippen molar-refractivity contribution in [3.8, 4) is 0 Å². The van der Waals surface area contributed by atoms with Crippen LogP contribution in [0, 0.1) is 0 Å². The number of nitrogens with one attached hydrogen (secondary N) is 1. The van der Waals surface area contributed by atoms with Gasteiger partial charge in [0.25, 0.3) is 5.91 Å². The molecule has 1 fully saturated rings. The van der Waals surface area contributed by atoms with E-state index in [-0.39, 0.29) is 5.91 Å². The van der Waals surface area contributed by atoms with E-state index >= 15 is 0 Å². The van der Waals surface area contributed by atoms with Crippen molar-refractivity contribution in [2.75, 3.05) is 0 Å². The Morgan fingerprint density at radius 2 is 1.83 bits per heavy atom. The second-order valence-corrected chi connectivity index (χ2v) is 5.43. The van der Waals surface area contributed by atoms with Crippen LogP contribution in [-0.2, 0) is 9.53 Å². The highest BCUT2D eigenvalue weighted by molar-refractivity contribution is 5.97. The largest absolute Gasteiger partial charge is 0.495 e. The van der Waals surface area contributed by atoms with Crippen LogP contribution in [0.2, 0.25) is 0 Å². The van der Waals surface area contributed by atoms with E-state index in [1.807, 2.05) is 26.0 Å². The smallest absolute Gasteiger partial charge is 0.255 e. The van der Waals surface area contributed by atoms with Gasteiger partial charge in [-0.25, -0.2) is 0 Å². The second-order valence-electron chi connectivity index (χ2n) is 5.43. The summed E-state index contributed by atoms with van der Waals surface area (Å²) in [5, 5.41) is 2.81. The van der Waals surface area contributed by atoms with Crippen molar-refractivity contribution < 1.29 is 9.53 Å². The van der Waals surface area contributed by atoms with Gasteiger partial charge >= 0.3 is 0 Å². The van der Waals surface area contributed by atoms with E-state index in [9.17, 15) is 4.79 Å². The number of ether oxygens (including phenoxy) is 1. The number of carbonyl (C=O) groups is 1. The maximum atomic E-state index is 12.1. The van der Waals surface area contributed by atoms with Crippen molar-refractivity contribution in [1.82, 2.24) is 5.32 Å². The van der Waals surface area contributed by atoms with E-state index in [0.29, 0.717) is 17.4 Å². The monoisotopic (exact) mass is 313 g/mol. The first-order valence-electron chi connectivity index (χ1n) is 8.05. The minimum Gasteiger partial charge on any atom is -0.495 e. The molecule has 0 spiro atoms. The summed E-state index contributed by atoms with van der Waals surface area (Å²) >= 11 is 0. The predicted molar refractivity (Wildman–Crippen MR) is 96.6 cm³/mol. The molecule has 0 atom stereocenters. The predicted octanol–water partition coefficient (Wildman–Crippen LogP) is 4.72. The Morgan fingerprint density at radius 3 is 2.39 bits per heavy atom. The Balaban J connectivity index is 2.68. The lowest BCUT2D eigenvalue weighted by Gasteiger charge is -2.12. The molecule has 1 amide bonds. The molecule has 3 heteroatoms. The Labute approximate surface area is 139 Å². The number of carbonyl (C=O) groups excluding carboxylic acids is 1. The Kier molecular flexibility index (Phi) is 8.51. The molecule has 1 rings (SSSR count). The molecule has 0 unspecified atom stereocenters. The van der Waals surface area contributed by atoms with Gasteiger partial charge in [-0.15, -0.1) is 0 Å². The molecule has 1 saturated carbocycles. The summed E-state index contributed by atoms with van der Waals surface area (Å²) in [7, 11) is 0. The molecule has 1 aliphatic carbocycles. The maximum absolute atomic E-state index is 12.1. The van der Waals surface area contributed by atoms with Gasteiger partial charge in [-0.05, 0) is 63.8 Å². The van der Waals surface area contributed by atoms with Gasteiger partial charge in [0.1, 0.15) is 0 Å². The molecule has 0 saturated heterocycles. The zero-order chi connectivity index (χ0) is 17.1. The number of rotatable bonds is 8. The molecule has 0 aromatic rings. The van der Waals surface area contributed by atoms with Gasteiger partial charge in [0, 0.05) is 11.3 Å². The molecule has 0 radical (unpaired) electrons. The molecule has 0 aromatic heterocycles. The molecular weight excluding hydrogens is 286 g/mol. The average molecular weight is 313 g/mol. The van der Waals surface area contributed by atoms with E-state index in [1.54, 1.807) is 24.3 Å². The van der Waals surface area contributed by atoms with E-state index < -0.39 is 0 Å². The lowest BCUT2D eigenvalue weighted by molar-refractivity contribution is -0.116. The molecule has 0 aliphatic heterocycles. The number of hydrogen-bond acceptors (Lipinski definition) is 2. The maximum Gasteiger partial charge on any atom is 0.255 e. The summed E-state index contributed by atoms with van der Waals surface area (Å²) in [6.07, 6.45) is 17.2. The third kappa shape index (κ3) is 7.00. The van der Waals surface area contributed by atoms with Crippen LogP contribution >= 0.6 is 0 Å². The van der Waals surface area contributed by atoms with E-state index in [2.05, 4.69) is 18.5 Å². The summed E-state index contributed by atoms with van der Waals surface area (Å²) < 4.78 is 5.87. The van der Waals surface area contributed by atoms with Crippen molar-refractivity contribution >= 4 is 5.91 Å². The minimum atomic E-state index is -0.216. The Morgan fingerprint density at radius 1 is 1.13 bits per heavy atom. The second kappa shape index (κ2) is 10.4. The zero-order valence-electron chi connectivity index (χ0n) is 14.2. The van der Waals surface area contributed by atoms with Gasteiger partial charge in [-0.1, -0.05) is 31.4 Å². The molecule has 0 aromatic carbocycles. The molecular formula is C20H27NO2. The van der Waals surface area contributed by atoms with Gasteiger partial charge in [0.15, 0.2) is 0 Å². The summed E-state index contributed by atoms with van der Waals surface area (Å²) in [5.41, 5.74) is 1.12. The first-order valence-corrected chi connectivity index (χ1v) is 8.05. The van der Waals surface area contributed by atoms with Crippen molar-refractivity contribution in [2.45, 2.75) is 45.6 Å². The molecule has 3 nitrogen and oxygen atoms in total. The van der Waals surface area contributed by atoms with Gasteiger partial charge in [0.05, 0.1) is 11.9 Å². The number of amides is 1. The fourth-order valence-corrected chi connectivity index (χ4v) is 2.32. The summed E-state index contributed by atoms with van der Waals surface area (Å²) in [6, 6.07) is 0. The molecule has 0 heterocycles.